The van der Waals surface area contributed by atoms with Crippen molar-refractivity contribution in [1.82, 2.24) is 0 Å². The van der Waals surface area contributed by atoms with E-state index >= 15 is 0 Å². The average Bonchev–Trinajstić information content (AvgIpc) is 3.63. The number of allylic oxidation sites excluding steroid dienone is 8. The molecule has 4 aliphatic rings. The molecule has 0 fully saturated rings. The first-order valence-electron chi connectivity index (χ1n) is 17.4. The number of fused-ring (bicyclic) bond motifs is 5. The zero-order chi connectivity index (χ0) is 33.1. The van der Waals surface area contributed by atoms with Gasteiger partial charge < -0.3 is 24.8 Å². The van der Waals surface area contributed by atoms with Crippen molar-refractivity contribution in [3.05, 3.63) is 127 Å². The van der Waals surface area contributed by atoms with Gasteiger partial charge in [0.05, 0.1) is 0 Å². The van der Waals surface area contributed by atoms with Crippen LogP contribution in [0.4, 0.5) is 0 Å². The van der Waals surface area contributed by atoms with Gasteiger partial charge in [-0.2, -0.15) is 0 Å². The second kappa shape index (κ2) is 12.3. The predicted octanol–water partition coefficient (Wildman–Crippen LogP) is 6.15. The number of halogens is 2. The van der Waals surface area contributed by atoms with Crippen molar-refractivity contribution in [2.75, 3.05) is 0 Å². The Morgan fingerprint density at radius 1 is 0.667 bits per heavy atom. The van der Waals surface area contributed by atoms with E-state index in [4.69, 9.17) is 0 Å². The van der Waals surface area contributed by atoms with Crippen molar-refractivity contribution < 1.29 is 46.1 Å². The molecule has 7 rings (SSSR count). The standard InChI is InChI=1S/C31H37.C7H9.C7H6.2ClH.Zr/c1-28(2,3)26-16-30(7,8)24-12-18-11-19-13-25-23(15-21(19)20(18)14-22(24)26)27(29(4,5)6)17-31(25,9)10;1-6-3-4-7(2)5-6;1-7-5-3-2-4-6-7;;;/h11-17H,1-10H3;3,5,7H,1-2H3;1-6H;2*1H;/q;;;;;+2/p-2. The Bertz CT molecular complexity index is 1870. The molecule has 0 N–H and O–H groups in total. The summed E-state index contributed by atoms with van der Waals surface area (Å²) in [5.41, 5.74) is 18.2. The normalized spacial score (nSPS) is 20.0. The van der Waals surface area contributed by atoms with Crippen LogP contribution in [0, 0.1) is 16.7 Å². The zero-order valence-corrected chi connectivity index (χ0v) is 35.0. The second-order valence-corrected chi connectivity index (χ2v) is 23.6. The van der Waals surface area contributed by atoms with Gasteiger partial charge in [0.2, 0.25) is 0 Å². The van der Waals surface area contributed by atoms with Gasteiger partial charge in [-0.15, -0.1) is 0 Å². The van der Waals surface area contributed by atoms with Crippen LogP contribution in [0.2, 0.25) is 0 Å². The van der Waals surface area contributed by atoms with Crippen LogP contribution < -0.4 is 24.8 Å². The van der Waals surface area contributed by atoms with E-state index < -0.39 is 21.3 Å². The quantitative estimate of drug-likeness (QED) is 0.301. The van der Waals surface area contributed by atoms with Crippen LogP contribution in [0.3, 0.4) is 0 Å². The van der Waals surface area contributed by atoms with Gasteiger partial charge in [-0.05, 0) is 0 Å². The van der Waals surface area contributed by atoms with Crippen molar-refractivity contribution in [3.63, 3.8) is 0 Å². The van der Waals surface area contributed by atoms with E-state index in [1.165, 1.54) is 55.7 Å². The van der Waals surface area contributed by atoms with E-state index in [-0.39, 0.29) is 46.5 Å². The Labute approximate surface area is 310 Å². The molecule has 1 atom stereocenters. The Morgan fingerprint density at radius 3 is 1.52 bits per heavy atom. The van der Waals surface area contributed by atoms with Gasteiger partial charge in [0, 0.05) is 0 Å². The minimum absolute atomic E-state index is 0. The van der Waals surface area contributed by atoms with Crippen LogP contribution in [-0.4, -0.2) is 3.71 Å². The molecule has 1 unspecified atom stereocenters. The maximum absolute atomic E-state index is 2.77. The van der Waals surface area contributed by atoms with Gasteiger partial charge in [0.15, 0.2) is 0 Å². The van der Waals surface area contributed by atoms with Gasteiger partial charge in [-0.3, -0.25) is 0 Å². The minimum atomic E-state index is -2.55. The summed E-state index contributed by atoms with van der Waals surface area (Å²) in [6.45, 7) is 28.7. The van der Waals surface area contributed by atoms with E-state index in [0.29, 0.717) is 9.54 Å². The number of rotatable bonds is 3. The number of hydrogen-bond acceptors (Lipinski definition) is 0. The molecule has 0 nitrogen and oxygen atoms in total. The molecule has 0 radical (unpaired) electrons. The third-order valence-electron chi connectivity index (χ3n) is 11.0. The Balaban J connectivity index is 0.00000225. The predicted molar refractivity (Wildman–Crippen MR) is 197 cm³/mol. The summed E-state index contributed by atoms with van der Waals surface area (Å²) in [6, 6.07) is 21.8. The van der Waals surface area contributed by atoms with E-state index in [1.807, 2.05) is 0 Å². The van der Waals surface area contributed by atoms with Gasteiger partial charge in [0.25, 0.3) is 0 Å². The van der Waals surface area contributed by atoms with Crippen molar-refractivity contribution in [3.8, 4) is 11.1 Å². The fourth-order valence-electron chi connectivity index (χ4n) is 8.78. The van der Waals surface area contributed by atoms with Crippen molar-refractivity contribution in [2.45, 2.75) is 97.5 Å². The monoisotopic (exact) mass is 752 g/mol. The Morgan fingerprint density at radius 2 is 1.12 bits per heavy atom. The Hall–Kier alpha value is -2.05. The van der Waals surface area contributed by atoms with Crippen LogP contribution in [0.15, 0.2) is 87.8 Å². The smallest absolute Gasteiger partial charge is 1.00 e. The van der Waals surface area contributed by atoms with E-state index in [2.05, 4.69) is 166 Å². The summed E-state index contributed by atoms with van der Waals surface area (Å²) >= 11 is -2.55. The second-order valence-electron chi connectivity index (χ2n) is 17.8. The molecule has 0 amide bonds. The SMILES string of the molecule is CC1=CC(C)[C](/[Zr+2](=[CH]\c2ccccc2)[CH]2c3cc4c(cc3-c3cc5c(cc32)C(C)(C)C=C5C(C)(C)C)C(C(C)(C)C)=CC4(C)C)=C1.[Cl-].[Cl-]. The molecule has 0 saturated carbocycles. The summed E-state index contributed by atoms with van der Waals surface area (Å²) in [5.74, 6) is 0.502. The third kappa shape index (κ3) is 6.03. The molecule has 0 aliphatic heterocycles. The number of hydrogen-bond donors (Lipinski definition) is 0. The summed E-state index contributed by atoms with van der Waals surface area (Å²) in [7, 11) is 0. The maximum Gasteiger partial charge on any atom is -1.00 e. The Kier molecular flexibility index (Phi) is 9.55. The molecule has 48 heavy (non-hydrogen) atoms. The summed E-state index contributed by atoms with van der Waals surface area (Å²) in [4.78, 5) is 0. The maximum atomic E-state index is 2.77. The molecule has 250 valence electrons. The van der Waals surface area contributed by atoms with Gasteiger partial charge in [0.1, 0.15) is 0 Å². The molecule has 0 bridgehead atoms. The van der Waals surface area contributed by atoms with Gasteiger partial charge in [-0.25, -0.2) is 0 Å². The van der Waals surface area contributed by atoms with Gasteiger partial charge in [-0.1, -0.05) is 0 Å². The molecule has 3 aromatic rings. The van der Waals surface area contributed by atoms with E-state index in [9.17, 15) is 0 Å². The van der Waals surface area contributed by atoms with E-state index in [0.717, 1.165) is 0 Å². The van der Waals surface area contributed by atoms with Gasteiger partial charge >= 0.3 is 288 Å². The summed E-state index contributed by atoms with van der Waals surface area (Å²) < 4.78 is 4.95. The van der Waals surface area contributed by atoms with E-state index in [1.54, 1.807) is 14.4 Å². The summed E-state index contributed by atoms with van der Waals surface area (Å²) in [6.07, 6.45) is 10.2. The molecule has 0 aromatic heterocycles. The van der Waals surface area contributed by atoms with Crippen molar-refractivity contribution >= 4 is 14.9 Å². The molecule has 4 aliphatic carbocycles. The molecular formula is C45H52Cl2Zr. The minimum Gasteiger partial charge on any atom is -1.00 e. The first kappa shape index (κ1) is 37.2. The fourth-order valence-corrected chi connectivity index (χ4v) is 17.1. The zero-order valence-electron chi connectivity index (χ0n) is 31.0. The molecule has 3 heteroatoms. The summed E-state index contributed by atoms with van der Waals surface area (Å²) in [5, 5.41) is 0. The average molecular weight is 755 g/mol. The fraction of sp³-hybridized carbons (Fsp3) is 0.400. The largest absolute Gasteiger partial charge is 1.00 e. The van der Waals surface area contributed by atoms with Crippen molar-refractivity contribution in [2.24, 2.45) is 16.7 Å². The third-order valence-corrected chi connectivity index (χ3v) is 18.8. The van der Waals surface area contributed by atoms with Crippen LogP contribution >= 0.6 is 0 Å². The topological polar surface area (TPSA) is 0 Å². The van der Waals surface area contributed by atoms with Crippen LogP contribution in [-0.2, 0) is 32.1 Å². The van der Waals surface area contributed by atoms with Crippen LogP contribution in [0.5, 0.6) is 0 Å². The molecule has 3 aromatic carbocycles. The van der Waals surface area contributed by atoms with Crippen molar-refractivity contribution in [1.29, 1.82) is 0 Å². The number of benzene rings is 3. The molecular weight excluding hydrogens is 703 g/mol. The van der Waals surface area contributed by atoms with Crippen LogP contribution in [0.25, 0.3) is 22.3 Å². The molecule has 0 saturated heterocycles. The van der Waals surface area contributed by atoms with Crippen LogP contribution in [0.1, 0.15) is 126 Å². The molecule has 0 spiro atoms. The first-order valence-corrected chi connectivity index (χ1v) is 21.5. The first-order chi connectivity index (χ1) is 21.4. The molecule has 0 heterocycles.